The van der Waals surface area contributed by atoms with E-state index in [1.807, 2.05) is 0 Å². The Kier molecular flexibility index (Phi) is 2.57. The van der Waals surface area contributed by atoms with Gasteiger partial charge < -0.3 is 15.9 Å². The van der Waals surface area contributed by atoms with Gasteiger partial charge in [0.15, 0.2) is 0 Å². The summed E-state index contributed by atoms with van der Waals surface area (Å²) >= 11 is 0. The second-order valence-electron chi connectivity index (χ2n) is 4.39. The molecular formula is C12H17NO2. The molecule has 0 atom stereocenters. The van der Waals surface area contributed by atoms with Gasteiger partial charge >= 0.3 is 0 Å². The van der Waals surface area contributed by atoms with Crippen LogP contribution < -0.4 is 5.73 Å². The molecule has 0 aromatic heterocycles. The first-order valence-corrected chi connectivity index (χ1v) is 5.40. The van der Waals surface area contributed by atoms with Crippen molar-refractivity contribution in [3.05, 3.63) is 23.8 Å². The molecule has 2 rings (SSSR count). The predicted molar refractivity (Wildman–Crippen MR) is 59.0 cm³/mol. The largest absolute Gasteiger partial charge is 0.508 e. The first-order chi connectivity index (χ1) is 7.18. The molecule has 1 saturated carbocycles. The Labute approximate surface area is 89.5 Å². The van der Waals surface area contributed by atoms with Gasteiger partial charge in [0.05, 0.1) is 0 Å². The molecule has 1 aromatic rings. The van der Waals surface area contributed by atoms with E-state index < -0.39 is 0 Å². The van der Waals surface area contributed by atoms with Crippen molar-refractivity contribution in [2.24, 2.45) is 5.73 Å². The lowest BCUT2D eigenvalue weighted by atomic mass is 9.78. The molecule has 0 aliphatic heterocycles. The fourth-order valence-corrected chi connectivity index (χ4v) is 2.60. The fourth-order valence-electron chi connectivity index (χ4n) is 2.60. The van der Waals surface area contributed by atoms with E-state index in [1.54, 1.807) is 12.1 Å². The van der Waals surface area contributed by atoms with Gasteiger partial charge in [0.2, 0.25) is 0 Å². The van der Waals surface area contributed by atoms with Crippen molar-refractivity contribution in [3.63, 3.8) is 0 Å². The van der Waals surface area contributed by atoms with Crippen molar-refractivity contribution in [2.45, 2.75) is 31.1 Å². The lowest BCUT2D eigenvalue weighted by molar-refractivity contribution is 0.399. The molecule has 0 bridgehead atoms. The average molecular weight is 207 g/mol. The maximum atomic E-state index is 9.83. The van der Waals surface area contributed by atoms with Gasteiger partial charge in [-0.25, -0.2) is 0 Å². The van der Waals surface area contributed by atoms with E-state index >= 15 is 0 Å². The summed E-state index contributed by atoms with van der Waals surface area (Å²) < 4.78 is 0. The zero-order valence-electron chi connectivity index (χ0n) is 8.74. The van der Waals surface area contributed by atoms with Gasteiger partial charge in [0.1, 0.15) is 11.5 Å². The van der Waals surface area contributed by atoms with E-state index in [9.17, 15) is 10.2 Å². The molecule has 1 aromatic carbocycles. The lowest BCUT2D eigenvalue weighted by Gasteiger charge is -2.28. The monoisotopic (exact) mass is 207 g/mol. The van der Waals surface area contributed by atoms with Crippen LogP contribution in [0, 0.1) is 0 Å². The summed E-state index contributed by atoms with van der Waals surface area (Å²) in [6, 6.07) is 4.80. The number of hydrogen-bond acceptors (Lipinski definition) is 3. The van der Waals surface area contributed by atoms with Crippen LogP contribution in [0.3, 0.4) is 0 Å². The third kappa shape index (κ3) is 1.67. The number of nitrogens with two attached hydrogens (primary N) is 1. The molecule has 15 heavy (non-hydrogen) atoms. The second-order valence-corrected chi connectivity index (χ2v) is 4.39. The molecular weight excluding hydrogens is 190 g/mol. The quantitative estimate of drug-likeness (QED) is 0.693. The van der Waals surface area contributed by atoms with Crippen molar-refractivity contribution in [1.29, 1.82) is 0 Å². The van der Waals surface area contributed by atoms with Crippen molar-refractivity contribution in [1.82, 2.24) is 0 Å². The van der Waals surface area contributed by atoms with Gasteiger partial charge in [0, 0.05) is 23.6 Å². The topological polar surface area (TPSA) is 66.5 Å². The highest BCUT2D eigenvalue weighted by Crippen LogP contribution is 2.44. The van der Waals surface area contributed by atoms with Crippen LogP contribution in [0.4, 0.5) is 0 Å². The number of phenols is 2. The molecule has 0 radical (unpaired) electrons. The number of rotatable bonds is 2. The number of phenolic OH excluding ortho intramolecular Hbond substituents is 2. The maximum Gasteiger partial charge on any atom is 0.123 e. The predicted octanol–water partition coefficient (Wildman–Crippen LogP) is 1.87. The SMILES string of the molecule is NCC1(c2ccc(O)cc2O)CCCC1. The third-order valence-corrected chi connectivity index (χ3v) is 3.50. The Morgan fingerprint density at radius 1 is 1.20 bits per heavy atom. The van der Waals surface area contributed by atoms with Crippen LogP contribution in [0.1, 0.15) is 31.2 Å². The van der Waals surface area contributed by atoms with Crippen LogP contribution in [-0.2, 0) is 5.41 Å². The van der Waals surface area contributed by atoms with Gasteiger partial charge in [0.25, 0.3) is 0 Å². The van der Waals surface area contributed by atoms with Gasteiger partial charge in [-0.05, 0) is 18.9 Å². The minimum Gasteiger partial charge on any atom is -0.508 e. The summed E-state index contributed by atoms with van der Waals surface area (Å²) in [5.74, 6) is 0.267. The standard InChI is InChI=1S/C12H17NO2/c13-8-12(5-1-2-6-12)10-4-3-9(14)7-11(10)15/h3-4,7,14-15H,1-2,5-6,8,13H2. The van der Waals surface area contributed by atoms with Crippen LogP contribution in [0.5, 0.6) is 11.5 Å². The first kappa shape index (κ1) is 10.3. The van der Waals surface area contributed by atoms with Crippen LogP contribution >= 0.6 is 0 Å². The summed E-state index contributed by atoms with van der Waals surface area (Å²) in [7, 11) is 0. The van der Waals surface area contributed by atoms with E-state index in [1.165, 1.54) is 6.07 Å². The molecule has 1 fully saturated rings. The van der Waals surface area contributed by atoms with E-state index in [-0.39, 0.29) is 16.9 Å². The molecule has 4 N–H and O–H groups in total. The molecule has 0 spiro atoms. The first-order valence-electron chi connectivity index (χ1n) is 5.40. The van der Waals surface area contributed by atoms with Crippen molar-refractivity contribution in [2.75, 3.05) is 6.54 Å². The maximum absolute atomic E-state index is 9.83. The molecule has 1 aliphatic rings. The van der Waals surface area contributed by atoms with Crippen LogP contribution in [-0.4, -0.2) is 16.8 Å². The fraction of sp³-hybridized carbons (Fsp3) is 0.500. The Hall–Kier alpha value is -1.22. The highest BCUT2D eigenvalue weighted by atomic mass is 16.3. The molecule has 1 aliphatic carbocycles. The summed E-state index contributed by atoms with van der Waals surface area (Å²) in [6.45, 7) is 0.561. The molecule has 0 amide bonds. The van der Waals surface area contributed by atoms with E-state index in [2.05, 4.69) is 0 Å². The average Bonchev–Trinajstić information content (AvgIpc) is 2.67. The Balaban J connectivity index is 2.42. The summed E-state index contributed by atoms with van der Waals surface area (Å²) in [6.07, 6.45) is 4.39. The Morgan fingerprint density at radius 3 is 2.40 bits per heavy atom. The Morgan fingerprint density at radius 2 is 1.87 bits per heavy atom. The molecule has 3 heteroatoms. The van der Waals surface area contributed by atoms with Crippen LogP contribution in [0.15, 0.2) is 18.2 Å². The van der Waals surface area contributed by atoms with Gasteiger partial charge in [-0.3, -0.25) is 0 Å². The zero-order chi connectivity index (χ0) is 10.9. The van der Waals surface area contributed by atoms with E-state index in [0.29, 0.717) is 6.54 Å². The molecule has 0 heterocycles. The Bertz CT molecular complexity index is 357. The third-order valence-electron chi connectivity index (χ3n) is 3.50. The molecule has 0 saturated heterocycles. The minimum atomic E-state index is -0.0716. The van der Waals surface area contributed by atoms with E-state index in [4.69, 9.17) is 5.73 Å². The van der Waals surface area contributed by atoms with Crippen molar-refractivity contribution in [3.8, 4) is 11.5 Å². The van der Waals surface area contributed by atoms with Gasteiger partial charge in [-0.15, -0.1) is 0 Å². The van der Waals surface area contributed by atoms with Crippen LogP contribution in [0.25, 0.3) is 0 Å². The molecule has 0 unspecified atom stereocenters. The number of aromatic hydroxyl groups is 2. The number of benzene rings is 1. The van der Waals surface area contributed by atoms with Gasteiger partial charge in [-0.1, -0.05) is 18.9 Å². The number of hydrogen-bond donors (Lipinski definition) is 3. The summed E-state index contributed by atoms with van der Waals surface area (Å²) in [4.78, 5) is 0. The molecule has 3 nitrogen and oxygen atoms in total. The highest BCUT2D eigenvalue weighted by Gasteiger charge is 2.36. The van der Waals surface area contributed by atoms with Crippen molar-refractivity contribution < 1.29 is 10.2 Å². The van der Waals surface area contributed by atoms with Gasteiger partial charge in [-0.2, -0.15) is 0 Å². The molecule has 82 valence electrons. The van der Waals surface area contributed by atoms with Crippen LogP contribution in [0.2, 0.25) is 0 Å². The van der Waals surface area contributed by atoms with Crippen molar-refractivity contribution >= 4 is 0 Å². The second kappa shape index (κ2) is 3.74. The summed E-state index contributed by atoms with van der Waals surface area (Å²) in [5, 5.41) is 19.1. The summed E-state index contributed by atoms with van der Waals surface area (Å²) in [5.41, 5.74) is 6.65. The minimum absolute atomic E-state index is 0.0716. The smallest absolute Gasteiger partial charge is 0.123 e. The lowest BCUT2D eigenvalue weighted by Crippen LogP contribution is -2.31. The van der Waals surface area contributed by atoms with E-state index in [0.717, 1.165) is 31.2 Å². The highest BCUT2D eigenvalue weighted by molar-refractivity contribution is 5.44. The zero-order valence-corrected chi connectivity index (χ0v) is 8.74. The normalized spacial score (nSPS) is 19.3.